The van der Waals surface area contributed by atoms with Crippen LogP contribution in [0.25, 0.3) is 0 Å². The van der Waals surface area contributed by atoms with Crippen molar-refractivity contribution in [3.05, 3.63) is 53.6 Å². The van der Waals surface area contributed by atoms with Gasteiger partial charge in [-0.1, -0.05) is 11.6 Å². The van der Waals surface area contributed by atoms with Gasteiger partial charge < -0.3 is 19.9 Å². The second-order valence-corrected chi connectivity index (χ2v) is 8.07. The smallest absolute Gasteiger partial charge is 0.344 e. The Morgan fingerprint density at radius 3 is 2.30 bits per heavy atom. The monoisotopic (exact) mass is 456 g/mol. The highest BCUT2D eigenvalue weighted by Gasteiger charge is 2.25. The summed E-state index contributed by atoms with van der Waals surface area (Å²) < 4.78 is 36.9. The van der Waals surface area contributed by atoms with Crippen LogP contribution in [0.1, 0.15) is 6.92 Å². The van der Waals surface area contributed by atoms with Crippen molar-refractivity contribution in [2.75, 3.05) is 25.1 Å². The van der Waals surface area contributed by atoms with Crippen LogP contribution in [0.2, 0.25) is 5.02 Å². The molecule has 1 amide bonds. The van der Waals surface area contributed by atoms with E-state index in [1.165, 1.54) is 48.5 Å². The molecule has 3 N–H and O–H groups in total. The first kappa shape index (κ1) is 23.6. The molecule has 0 fully saturated rings. The summed E-state index contributed by atoms with van der Waals surface area (Å²) in [4.78, 5) is 23.6. The highest BCUT2D eigenvalue weighted by molar-refractivity contribution is 7.89. The standard InChI is InChI=1S/C19H21ClN2O7S/c1-2-28-18(24)12-29-15-7-5-14(6-8-15)21-19(25)17(11-23)22-30(26,27)16-9-3-13(20)4-10-16/h3-10,17,22-23H,2,11-12H2,1H3,(H,21,25)/t17-/m0/s1. The average molecular weight is 457 g/mol. The molecule has 0 aromatic heterocycles. The molecule has 11 heteroatoms. The Bertz CT molecular complexity index is 963. The Morgan fingerprint density at radius 1 is 1.10 bits per heavy atom. The molecule has 2 aromatic rings. The minimum absolute atomic E-state index is 0.0961. The second-order valence-electron chi connectivity index (χ2n) is 5.92. The topological polar surface area (TPSA) is 131 Å². The fourth-order valence-corrected chi connectivity index (χ4v) is 3.56. The third-order valence-electron chi connectivity index (χ3n) is 3.70. The largest absolute Gasteiger partial charge is 0.482 e. The number of sulfonamides is 1. The van der Waals surface area contributed by atoms with Crippen LogP contribution in [0.5, 0.6) is 5.75 Å². The number of rotatable bonds is 10. The van der Waals surface area contributed by atoms with Gasteiger partial charge in [-0.25, -0.2) is 13.2 Å². The van der Waals surface area contributed by atoms with Crippen LogP contribution in [-0.4, -0.2) is 51.3 Å². The maximum Gasteiger partial charge on any atom is 0.344 e. The number of esters is 1. The van der Waals surface area contributed by atoms with Crippen molar-refractivity contribution in [1.29, 1.82) is 0 Å². The van der Waals surface area contributed by atoms with Crippen molar-refractivity contribution < 1.29 is 32.6 Å². The molecule has 1 atom stereocenters. The Hall–Kier alpha value is -2.66. The van der Waals surface area contributed by atoms with Crippen molar-refractivity contribution >= 4 is 39.2 Å². The molecule has 0 heterocycles. The molecule has 9 nitrogen and oxygen atoms in total. The van der Waals surface area contributed by atoms with Crippen molar-refractivity contribution in [2.45, 2.75) is 17.9 Å². The average Bonchev–Trinajstić information content (AvgIpc) is 2.72. The molecule has 0 spiro atoms. The summed E-state index contributed by atoms with van der Waals surface area (Å²) in [5.41, 5.74) is 0.340. The number of nitrogens with one attached hydrogen (secondary N) is 2. The Labute approximate surface area is 179 Å². The van der Waals surface area contributed by atoms with Crippen LogP contribution < -0.4 is 14.8 Å². The van der Waals surface area contributed by atoms with Gasteiger partial charge in [0.05, 0.1) is 18.1 Å². The third kappa shape index (κ3) is 6.99. The predicted molar refractivity (Wildman–Crippen MR) is 110 cm³/mol. The lowest BCUT2D eigenvalue weighted by molar-refractivity contribution is -0.145. The molecule has 0 saturated heterocycles. The van der Waals surface area contributed by atoms with Gasteiger partial charge in [0.1, 0.15) is 11.8 Å². The van der Waals surface area contributed by atoms with Crippen LogP contribution in [0.4, 0.5) is 5.69 Å². The highest BCUT2D eigenvalue weighted by Crippen LogP contribution is 2.17. The van der Waals surface area contributed by atoms with E-state index in [2.05, 4.69) is 10.0 Å². The van der Waals surface area contributed by atoms with Crippen molar-refractivity contribution in [3.63, 3.8) is 0 Å². The summed E-state index contributed by atoms with van der Waals surface area (Å²) in [7, 11) is -4.05. The minimum Gasteiger partial charge on any atom is -0.482 e. The molecule has 0 aliphatic rings. The lowest BCUT2D eigenvalue weighted by atomic mass is 10.2. The zero-order valence-electron chi connectivity index (χ0n) is 16.0. The van der Waals surface area contributed by atoms with Gasteiger partial charge in [0, 0.05) is 10.7 Å². The molecule has 0 saturated carbocycles. The Balaban J connectivity index is 1.97. The number of halogens is 1. The van der Waals surface area contributed by atoms with E-state index in [4.69, 9.17) is 21.1 Å². The summed E-state index contributed by atoms with van der Waals surface area (Å²) in [6.07, 6.45) is 0. The second kappa shape index (κ2) is 10.9. The zero-order chi connectivity index (χ0) is 22.1. The van der Waals surface area contributed by atoms with E-state index < -0.39 is 34.5 Å². The van der Waals surface area contributed by atoms with Crippen molar-refractivity contribution in [2.24, 2.45) is 0 Å². The molecule has 0 bridgehead atoms. The summed E-state index contributed by atoms with van der Waals surface area (Å²) in [5.74, 6) is -0.882. The number of ether oxygens (including phenoxy) is 2. The van der Waals surface area contributed by atoms with E-state index in [1.54, 1.807) is 6.92 Å². The van der Waals surface area contributed by atoms with Crippen LogP contribution in [-0.2, 0) is 24.3 Å². The number of amides is 1. The first-order chi connectivity index (χ1) is 14.2. The summed E-state index contributed by atoms with van der Waals surface area (Å²) in [6.45, 7) is 0.934. The maximum atomic E-state index is 12.4. The normalized spacial score (nSPS) is 12.1. The van der Waals surface area contributed by atoms with Crippen LogP contribution in [0.15, 0.2) is 53.4 Å². The SMILES string of the molecule is CCOC(=O)COc1ccc(NC(=O)[C@H](CO)NS(=O)(=O)c2ccc(Cl)cc2)cc1. The molecular weight excluding hydrogens is 436 g/mol. The first-order valence-corrected chi connectivity index (χ1v) is 10.7. The van der Waals surface area contributed by atoms with Gasteiger partial charge in [-0.05, 0) is 55.5 Å². The molecule has 30 heavy (non-hydrogen) atoms. The van der Waals surface area contributed by atoms with Gasteiger partial charge in [-0.3, -0.25) is 4.79 Å². The number of carbonyl (C=O) groups is 2. The number of benzene rings is 2. The number of hydrogen-bond acceptors (Lipinski definition) is 7. The number of aliphatic hydroxyl groups excluding tert-OH is 1. The molecular formula is C19H21ClN2O7S. The van der Waals surface area contributed by atoms with E-state index >= 15 is 0 Å². The Morgan fingerprint density at radius 2 is 1.73 bits per heavy atom. The predicted octanol–water partition coefficient (Wildman–Crippen LogP) is 1.56. The number of hydrogen-bond donors (Lipinski definition) is 3. The fourth-order valence-electron chi connectivity index (χ4n) is 2.25. The van der Waals surface area contributed by atoms with Crippen LogP contribution in [0, 0.1) is 0 Å². The number of carbonyl (C=O) groups excluding carboxylic acids is 2. The van der Waals surface area contributed by atoms with Gasteiger partial charge in [0.15, 0.2) is 6.61 Å². The van der Waals surface area contributed by atoms with E-state index in [-0.39, 0.29) is 18.1 Å². The summed E-state index contributed by atoms with van der Waals surface area (Å²) >= 11 is 5.74. The Kier molecular flexibility index (Phi) is 8.60. The zero-order valence-corrected chi connectivity index (χ0v) is 17.6. The maximum absolute atomic E-state index is 12.4. The van der Waals surface area contributed by atoms with E-state index in [0.717, 1.165) is 0 Å². The minimum atomic E-state index is -4.05. The lowest BCUT2D eigenvalue weighted by Crippen LogP contribution is -2.46. The number of anilines is 1. The fraction of sp³-hybridized carbons (Fsp3) is 0.263. The highest BCUT2D eigenvalue weighted by atomic mass is 35.5. The van der Waals surface area contributed by atoms with E-state index in [0.29, 0.717) is 16.5 Å². The van der Waals surface area contributed by atoms with Gasteiger partial charge in [0.2, 0.25) is 15.9 Å². The van der Waals surface area contributed by atoms with Crippen LogP contribution in [0.3, 0.4) is 0 Å². The summed E-state index contributed by atoms with van der Waals surface area (Å²) in [6, 6.07) is 9.98. The quantitative estimate of drug-likeness (QED) is 0.462. The molecule has 0 aliphatic carbocycles. The van der Waals surface area contributed by atoms with Crippen LogP contribution >= 0.6 is 11.6 Å². The van der Waals surface area contributed by atoms with Gasteiger partial charge in [-0.2, -0.15) is 4.72 Å². The first-order valence-electron chi connectivity index (χ1n) is 8.83. The lowest BCUT2D eigenvalue weighted by Gasteiger charge is -2.16. The van der Waals surface area contributed by atoms with Gasteiger partial charge in [-0.15, -0.1) is 0 Å². The van der Waals surface area contributed by atoms with Crippen molar-refractivity contribution in [3.8, 4) is 5.75 Å². The summed E-state index contributed by atoms with van der Waals surface area (Å²) in [5, 5.41) is 12.3. The number of aliphatic hydroxyl groups is 1. The van der Waals surface area contributed by atoms with Crippen molar-refractivity contribution in [1.82, 2.24) is 4.72 Å². The third-order valence-corrected chi connectivity index (χ3v) is 5.44. The van der Waals surface area contributed by atoms with Gasteiger partial charge >= 0.3 is 5.97 Å². The van der Waals surface area contributed by atoms with Gasteiger partial charge in [0.25, 0.3) is 0 Å². The van der Waals surface area contributed by atoms with E-state index in [9.17, 15) is 23.1 Å². The molecule has 2 rings (SSSR count). The molecule has 0 aliphatic heterocycles. The molecule has 162 valence electrons. The molecule has 2 aromatic carbocycles. The molecule has 0 radical (unpaired) electrons. The molecule has 0 unspecified atom stereocenters. The van der Waals surface area contributed by atoms with E-state index in [1.807, 2.05) is 0 Å².